The van der Waals surface area contributed by atoms with Crippen molar-refractivity contribution in [1.29, 1.82) is 0 Å². The molecule has 0 bridgehead atoms. The van der Waals surface area contributed by atoms with Crippen LogP contribution in [0.3, 0.4) is 0 Å². The predicted molar refractivity (Wildman–Crippen MR) is 97.4 cm³/mol. The van der Waals surface area contributed by atoms with Gasteiger partial charge in [0.15, 0.2) is 5.96 Å². The Balaban J connectivity index is 0.00000161. The van der Waals surface area contributed by atoms with E-state index in [0.717, 1.165) is 38.2 Å². The van der Waals surface area contributed by atoms with Gasteiger partial charge in [-0.2, -0.15) is 0 Å². The Morgan fingerprint density at radius 1 is 1.33 bits per heavy atom. The molecule has 1 saturated heterocycles. The highest BCUT2D eigenvalue weighted by Gasteiger charge is 2.43. The van der Waals surface area contributed by atoms with Crippen LogP contribution in [0.15, 0.2) is 4.99 Å². The Bertz CT molecular complexity index is 353. The van der Waals surface area contributed by atoms with Gasteiger partial charge in [0.05, 0.1) is 13.2 Å². The molecule has 0 aromatic carbocycles. The molecule has 0 unspecified atom stereocenters. The van der Waals surface area contributed by atoms with Gasteiger partial charge >= 0.3 is 0 Å². The maximum absolute atomic E-state index is 5.67. The van der Waals surface area contributed by atoms with Crippen molar-refractivity contribution < 1.29 is 4.74 Å². The molecule has 0 aromatic heterocycles. The van der Waals surface area contributed by atoms with Gasteiger partial charge in [-0.1, -0.05) is 6.42 Å². The summed E-state index contributed by atoms with van der Waals surface area (Å²) in [5, 5.41) is 3.44. The van der Waals surface area contributed by atoms with Crippen LogP contribution in [0.25, 0.3) is 0 Å². The van der Waals surface area contributed by atoms with Gasteiger partial charge < -0.3 is 15.0 Å². The van der Waals surface area contributed by atoms with Crippen LogP contribution in [0, 0.1) is 11.3 Å². The van der Waals surface area contributed by atoms with Crippen molar-refractivity contribution >= 4 is 29.9 Å². The molecule has 0 amide bonds. The Kier molecular flexibility index (Phi) is 6.59. The highest BCUT2D eigenvalue weighted by Crippen LogP contribution is 2.47. The van der Waals surface area contributed by atoms with Crippen LogP contribution in [0.1, 0.15) is 45.4 Å². The Morgan fingerprint density at radius 2 is 2.14 bits per heavy atom. The van der Waals surface area contributed by atoms with E-state index in [-0.39, 0.29) is 24.0 Å². The molecular weight excluding hydrogens is 377 g/mol. The van der Waals surface area contributed by atoms with Crippen LogP contribution in [-0.2, 0) is 4.74 Å². The topological polar surface area (TPSA) is 36.9 Å². The molecule has 4 nitrogen and oxygen atoms in total. The molecule has 2 aliphatic carbocycles. The molecule has 5 heteroatoms. The number of guanidine groups is 1. The third-order valence-electron chi connectivity index (χ3n) is 5.03. The van der Waals surface area contributed by atoms with E-state index < -0.39 is 0 Å². The molecule has 1 aliphatic heterocycles. The summed E-state index contributed by atoms with van der Waals surface area (Å²) in [6.07, 6.45) is 8.36. The molecule has 3 fully saturated rings. The second-order valence-electron chi connectivity index (χ2n) is 6.78. The smallest absolute Gasteiger partial charge is 0.194 e. The van der Waals surface area contributed by atoms with E-state index in [1.54, 1.807) is 0 Å². The maximum atomic E-state index is 5.67. The molecular formula is C16H30IN3O. The van der Waals surface area contributed by atoms with Crippen LogP contribution in [-0.4, -0.2) is 50.3 Å². The van der Waals surface area contributed by atoms with E-state index in [9.17, 15) is 0 Å². The van der Waals surface area contributed by atoms with E-state index in [4.69, 9.17) is 9.73 Å². The summed E-state index contributed by atoms with van der Waals surface area (Å²) in [5.74, 6) is 1.95. The lowest BCUT2D eigenvalue weighted by Crippen LogP contribution is -2.42. The minimum atomic E-state index is 0. The number of hydrogen-bond donors (Lipinski definition) is 1. The fourth-order valence-electron chi connectivity index (χ4n) is 3.38. The summed E-state index contributed by atoms with van der Waals surface area (Å²) >= 11 is 0. The summed E-state index contributed by atoms with van der Waals surface area (Å²) in [4.78, 5) is 7.20. The second-order valence-corrected chi connectivity index (χ2v) is 6.78. The average Bonchev–Trinajstić information content (AvgIpc) is 3.11. The number of aliphatic imine (C=N–C) groups is 1. The maximum Gasteiger partial charge on any atom is 0.194 e. The molecule has 0 radical (unpaired) electrons. The lowest BCUT2D eigenvalue weighted by Gasteiger charge is -2.38. The van der Waals surface area contributed by atoms with Crippen molar-refractivity contribution in [2.45, 2.75) is 45.4 Å². The van der Waals surface area contributed by atoms with Crippen LogP contribution >= 0.6 is 24.0 Å². The zero-order chi connectivity index (χ0) is 13.8. The van der Waals surface area contributed by atoms with Crippen molar-refractivity contribution in [1.82, 2.24) is 10.2 Å². The first-order valence-corrected chi connectivity index (χ1v) is 8.42. The minimum Gasteiger partial charge on any atom is -0.379 e. The highest BCUT2D eigenvalue weighted by molar-refractivity contribution is 14.0. The van der Waals surface area contributed by atoms with Gasteiger partial charge in [-0.05, 0) is 50.4 Å². The third kappa shape index (κ3) is 4.71. The normalized spacial score (nSPS) is 23.9. The molecule has 1 heterocycles. The second kappa shape index (κ2) is 7.99. The Morgan fingerprint density at radius 3 is 2.71 bits per heavy atom. The van der Waals surface area contributed by atoms with Crippen molar-refractivity contribution in [2.24, 2.45) is 16.3 Å². The number of nitrogens with one attached hydrogen (secondary N) is 1. The lowest BCUT2D eigenvalue weighted by atomic mass is 9.68. The van der Waals surface area contributed by atoms with Crippen LogP contribution in [0.5, 0.6) is 0 Å². The standard InChI is InChI=1S/C16H29N3O.HI/c1-2-17-15(18-9-11-20-12-14-4-5-14)19-10-8-16(13-19)6-3-7-16;/h14H,2-13H2,1H3,(H,17,18);1H. The molecule has 3 rings (SSSR count). The zero-order valence-electron chi connectivity index (χ0n) is 13.3. The van der Waals surface area contributed by atoms with E-state index in [2.05, 4.69) is 17.1 Å². The number of hydrogen-bond acceptors (Lipinski definition) is 2. The van der Waals surface area contributed by atoms with Gasteiger partial charge in [-0.15, -0.1) is 24.0 Å². The number of ether oxygens (including phenoxy) is 1. The van der Waals surface area contributed by atoms with E-state index in [1.165, 1.54) is 51.6 Å². The fourth-order valence-corrected chi connectivity index (χ4v) is 3.38. The van der Waals surface area contributed by atoms with Crippen LogP contribution < -0.4 is 5.32 Å². The first kappa shape index (κ1) is 17.3. The monoisotopic (exact) mass is 407 g/mol. The molecule has 0 atom stereocenters. The molecule has 122 valence electrons. The lowest BCUT2D eigenvalue weighted by molar-refractivity contribution is 0.131. The molecule has 21 heavy (non-hydrogen) atoms. The van der Waals surface area contributed by atoms with E-state index in [1.807, 2.05) is 0 Å². The van der Waals surface area contributed by atoms with Crippen LogP contribution in [0.4, 0.5) is 0 Å². The fraction of sp³-hybridized carbons (Fsp3) is 0.938. The van der Waals surface area contributed by atoms with E-state index >= 15 is 0 Å². The largest absolute Gasteiger partial charge is 0.379 e. The van der Waals surface area contributed by atoms with Crippen molar-refractivity contribution in [2.75, 3.05) is 39.4 Å². The first-order chi connectivity index (χ1) is 9.81. The van der Waals surface area contributed by atoms with Crippen molar-refractivity contribution in [3.05, 3.63) is 0 Å². The Labute approximate surface area is 146 Å². The first-order valence-electron chi connectivity index (χ1n) is 8.42. The number of likely N-dealkylation sites (tertiary alicyclic amines) is 1. The van der Waals surface area contributed by atoms with E-state index in [0.29, 0.717) is 5.41 Å². The summed E-state index contributed by atoms with van der Waals surface area (Å²) in [7, 11) is 0. The highest BCUT2D eigenvalue weighted by atomic mass is 127. The van der Waals surface area contributed by atoms with Crippen molar-refractivity contribution in [3.8, 4) is 0 Å². The van der Waals surface area contributed by atoms with Gasteiger partial charge in [0.1, 0.15) is 0 Å². The molecule has 3 aliphatic rings. The van der Waals surface area contributed by atoms with Crippen LogP contribution in [0.2, 0.25) is 0 Å². The molecule has 1 N–H and O–H groups in total. The average molecular weight is 407 g/mol. The summed E-state index contributed by atoms with van der Waals surface area (Å²) in [6, 6.07) is 0. The molecule has 0 aromatic rings. The van der Waals surface area contributed by atoms with Gasteiger partial charge in [0.25, 0.3) is 0 Å². The molecule has 2 saturated carbocycles. The number of nitrogens with zero attached hydrogens (tertiary/aromatic N) is 2. The number of halogens is 1. The molecule has 1 spiro atoms. The summed E-state index contributed by atoms with van der Waals surface area (Å²) in [6.45, 7) is 7.98. The van der Waals surface area contributed by atoms with Crippen molar-refractivity contribution in [3.63, 3.8) is 0 Å². The Hall–Kier alpha value is -0.0400. The summed E-state index contributed by atoms with van der Waals surface area (Å²) in [5.41, 5.74) is 0.638. The SMILES string of the molecule is CCNC(=NCCOCC1CC1)N1CCC2(CCC2)C1.I. The van der Waals surface area contributed by atoms with Gasteiger partial charge in [-0.3, -0.25) is 4.99 Å². The van der Waals surface area contributed by atoms with Gasteiger partial charge in [0, 0.05) is 26.2 Å². The summed E-state index contributed by atoms with van der Waals surface area (Å²) < 4.78 is 5.67. The predicted octanol–water partition coefficient (Wildman–Crippen LogP) is 2.87. The zero-order valence-corrected chi connectivity index (χ0v) is 15.6. The third-order valence-corrected chi connectivity index (χ3v) is 5.03. The number of rotatable bonds is 6. The minimum absolute atomic E-state index is 0. The quantitative estimate of drug-likeness (QED) is 0.319. The van der Waals surface area contributed by atoms with Gasteiger partial charge in [0.2, 0.25) is 0 Å². The van der Waals surface area contributed by atoms with Gasteiger partial charge in [-0.25, -0.2) is 0 Å².